The van der Waals surface area contributed by atoms with Gasteiger partial charge in [0.1, 0.15) is 12.6 Å². The molecular weight excluding hydrogens is 292 g/mol. The molecule has 0 bridgehead atoms. The number of methoxy groups -OCH3 is 1. The second kappa shape index (κ2) is 9.35. The third-order valence-electron chi connectivity index (χ3n) is 2.65. The summed E-state index contributed by atoms with van der Waals surface area (Å²) in [4.78, 5) is 33.5. The lowest BCUT2D eigenvalue weighted by Gasteiger charge is -2.15. The highest BCUT2D eigenvalue weighted by molar-refractivity contribution is 5.80. The van der Waals surface area contributed by atoms with Gasteiger partial charge < -0.3 is 25.2 Å². The molecule has 1 rings (SSSR count). The lowest BCUT2D eigenvalue weighted by atomic mass is 10.2. The van der Waals surface area contributed by atoms with E-state index >= 15 is 0 Å². The van der Waals surface area contributed by atoms with Gasteiger partial charge in [0.25, 0.3) is 0 Å². The van der Waals surface area contributed by atoms with Gasteiger partial charge >= 0.3 is 18.0 Å². The molecule has 0 aliphatic carbocycles. The average Bonchev–Trinajstić information content (AvgIpc) is 2.52. The number of hydrogen-bond acceptors (Lipinski definition) is 6. The predicted molar refractivity (Wildman–Crippen MR) is 76.1 cm³/mol. The number of esters is 1. The maximum absolute atomic E-state index is 11.6. The van der Waals surface area contributed by atoms with Crippen molar-refractivity contribution in [3.63, 3.8) is 0 Å². The lowest BCUT2D eigenvalue weighted by molar-refractivity contribution is -0.141. The van der Waals surface area contributed by atoms with Crippen molar-refractivity contribution >= 4 is 18.0 Å². The van der Waals surface area contributed by atoms with Crippen molar-refractivity contribution in [3.05, 3.63) is 35.9 Å². The number of benzene rings is 1. The van der Waals surface area contributed by atoms with Gasteiger partial charge in [0.15, 0.2) is 0 Å². The first-order valence-electron chi connectivity index (χ1n) is 6.50. The highest BCUT2D eigenvalue weighted by atomic mass is 16.5. The van der Waals surface area contributed by atoms with Crippen LogP contribution in [-0.2, 0) is 25.7 Å². The Morgan fingerprint density at radius 2 is 1.91 bits per heavy atom. The van der Waals surface area contributed by atoms with Crippen LogP contribution < -0.4 is 10.6 Å². The second-order valence-electron chi connectivity index (χ2n) is 4.30. The predicted octanol–water partition coefficient (Wildman–Crippen LogP) is 0.129. The van der Waals surface area contributed by atoms with E-state index in [1.807, 2.05) is 6.07 Å². The second-order valence-corrected chi connectivity index (χ2v) is 4.30. The first-order chi connectivity index (χ1) is 10.5. The standard InChI is InChI=1S/C14H18N2O6/c1-21-12(17)8-15-7-11(13(18)19)16-14(20)22-9-10-5-3-2-4-6-10/h2-6,11,15H,7-9H2,1H3,(H,16,20)(H,18,19). The number of hydrogen-bond donors (Lipinski definition) is 3. The molecule has 0 heterocycles. The molecule has 1 atom stereocenters. The Morgan fingerprint density at radius 1 is 1.23 bits per heavy atom. The average molecular weight is 310 g/mol. The highest BCUT2D eigenvalue weighted by Crippen LogP contribution is 2.00. The van der Waals surface area contributed by atoms with E-state index in [1.54, 1.807) is 24.3 Å². The van der Waals surface area contributed by atoms with E-state index in [4.69, 9.17) is 9.84 Å². The fourth-order valence-electron chi connectivity index (χ4n) is 1.50. The normalized spacial score (nSPS) is 11.3. The van der Waals surface area contributed by atoms with E-state index in [1.165, 1.54) is 7.11 Å². The van der Waals surface area contributed by atoms with Crippen molar-refractivity contribution in [2.24, 2.45) is 0 Å². The third-order valence-corrected chi connectivity index (χ3v) is 2.65. The topological polar surface area (TPSA) is 114 Å². The molecule has 22 heavy (non-hydrogen) atoms. The van der Waals surface area contributed by atoms with E-state index in [-0.39, 0.29) is 19.7 Å². The number of nitrogens with one attached hydrogen (secondary N) is 2. The summed E-state index contributed by atoms with van der Waals surface area (Å²) >= 11 is 0. The van der Waals surface area contributed by atoms with Crippen LogP contribution in [-0.4, -0.2) is 49.4 Å². The largest absolute Gasteiger partial charge is 0.480 e. The summed E-state index contributed by atoms with van der Waals surface area (Å²) in [5.41, 5.74) is 0.786. The van der Waals surface area contributed by atoms with Crippen molar-refractivity contribution in [1.82, 2.24) is 10.6 Å². The number of carbonyl (C=O) groups excluding carboxylic acids is 2. The monoisotopic (exact) mass is 310 g/mol. The Morgan fingerprint density at radius 3 is 2.50 bits per heavy atom. The number of amides is 1. The molecular formula is C14H18N2O6. The van der Waals surface area contributed by atoms with E-state index in [0.717, 1.165) is 5.56 Å². The van der Waals surface area contributed by atoms with Gasteiger partial charge in [-0.2, -0.15) is 0 Å². The number of carboxylic acid groups (broad SMARTS) is 1. The maximum Gasteiger partial charge on any atom is 0.408 e. The summed E-state index contributed by atoms with van der Waals surface area (Å²) in [5, 5.41) is 13.8. The van der Waals surface area contributed by atoms with Crippen LogP contribution >= 0.6 is 0 Å². The molecule has 0 saturated heterocycles. The van der Waals surface area contributed by atoms with Gasteiger partial charge in [0.2, 0.25) is 0 Å². The highest BCUT2D eigenvalue weighted by Gasteiger charge is 2.20. The Kier molecular flexibility index (Phi) is 7.41. The zero-order chi connectivity index (χ0) is 16.4. The summed E-state index contributed by atoms with van der Waals surface area (Å²) in [6.07, 6.45) is -0.851. The Balaban J connectivity index is 2.37. The minimum absolute atomic E-state index is 0.0363. The van der Waals surface area contributed by atoms with E-state index < -0.39 is 24.1 Å². The molecule has 1 unspecified atom stereocenters. The summed E-state index contributed by atoms with van der Waals surface area (Å²) in [6.45, 7) is -0.250. The van der Waals surface area contributed by atoms with Gasteiger partial charge in [0, 0.05) is 6.54 Å². The Bertz CT molecular complexity index is 505. The first kappa shape index (κ1) is 17.4. The number of carboxylic acids is 1. The Labute approximate surface area is 127 Å². The molecule has 0 aromatic heterocycles. The van der Waals surface area contributed by atoms with Crippen LogP contribution in [0.3, 0.4) is 0 Å². The molecule has 8 heteroatoms. The quantitative estimate of drug-likeness (QED) is 0.585. The van der Waals surface area contributed by atoms with Gasteiger partial charge in [-0.3, -0.25) is 4.79 Å². The van der Waals surface area contributed by atoms with Gasteiger partial charge in [-0.15, -0.1) is 0 Å². The number of aliphatic carboxylic acids is 1. The fourth-order valence-corrected chi connectivity index (χ4v) is 1.50. The Hall–Kier alpha value is -2.61. The van der Waals surface area contributed by atoms with Gasteiger partial charge in [-0.05, 0) is 5.56 Å². The lowest BCUT2D eigenvalue weighted by Crippen LogP contribution is -2.48. The molecule has 3 N–H and O–H groups in total. The van der Waals surface area contributed by atoms with Crippen molar-refractivity contribution < 1.29 is 29.0 Å². The van der Waals surface area contributed by atoms with Gasteiger partial charge in [-0.25, -0.2) is 9.59 Å². The number of rotatable bonds is 8. The van der Waals surface area contributed by atoms with Crippen LogP contribution in [0.15, 0.2) is 30.3 Å². The van der Waals surface area contributed by atoms with Crippen LogP contribution in [0.2, 0.25) is 0 Å². The molecule has 0 radical (unpaired) electrons. The molecule has 1 aromatic rings. The zero-order valence-electron chi connectivity index (χ0n) is 12.1. The molecule has 120 valence electrons. The van der Waals surface area contributed by atoms with Crippen molar-refractivity contribution in [3.8, 4) is 0 Å². The molecule has 1 amide bonds. The first-order valence-corrected chi connectivity index (χ1v) is 6.50. The number of ether oxygens (including phenoxy) is 2. The smallest absolute Gasteiger partial charge is 0.408 e. The summed E-state index contributed by atoms with van der Waals surface area (Å²) in [6, 6.07) is 7.77. The molecule has 8 nitrogen and oxygen atoms in total. The number of carbonyl (C=O) groups is 3. The van der Waals surface area contributed by atoms with Crippen LogP contribution in [0.4, 0.5) is 4.79 Å². The minimum Gasteiger partial charge on any atom is -0.480 e. The van der Waals surface area contributed by atoms with Crippen molar-refractivity contribution in [2.45, 2.75) is 12.6 Å². The molecule has 0 spiro atoms. The summed E-state index contributed by atoms with van der Waals surface area (Å²) in [7, 11) is 1.22. The van der Waals surface area contributed by atoms with Crippen LogP contribution in [0.5, 0.6) is 0 Å². The molecule has 0 fully saturated rings. The van der Waals surface area contributed by atoms with Crippen LogP contribution in [0.25, 0.3) is 0 Å². The van der Waals surface area contributed by atoms with Crippen LogP contribution in [0.1, 0.15) is 5.56 Å². The SMILES string of the molecule is COC(=O)CNCC(NC(=O)OCc1ccccc1)C(=O)O. The van der Waals surface area contributed by atoms with Crippen molar-refractivity contribution in [1.29, 1.82) is 0 Å². The van der Waals surface area contributed by atoms with Crippen LogP contribution in [0, 0.1) is 0 Å². The van der Waals surface area contributed by atoms with E-state index in [2.05, 4.69) is 15.4 Å². The minimum atomic E-state index is -1.24. The molecule has 0 saturated carbocycles. The zero-order valence-corrected chi connectivity index (χ0v) is 12.1. The molecule has 1 aromatic carbocycles. The van der Waals surface area contributed by atoms with Gasteiger partial charge in [0.05, 0.1) is 13.7 Å². The summed E-state index contributed by atoms with van der Waals surface area (Å²) in [5.74, 6) is -1.77. The summed E-state index contributed by atoms with van der Waals surface area (Å²) < 4.78 is 9.32. The van der Waals surface area contributed by atoms with E-state index in [9.17, 15) is 14.4 Å². The molecule has 0 aliphatic heterocycles. The number of alkyl carbamates (subject to hydrolysis) is 1. The van der Waals surface area contributed by atoms with Gasteiger partial charge in [-0.1, -0.05) is 30.3 Å². The van der Waals surface area contributed by atoms with Crippen molar-refractivity contribution in [2.75, 3.05) is 20.2 Å². The fraction of sp³-hybridized carbons (Fsp3) is 0.357. The van der Waals surface area contributed by atoms with E-state index in [0.29, 0.717) is 0 Å². The molecule has 0 aliphatic rings. The third kappa shape index (κ3) is 6.71. The maximum atomic E-state index is 11.6.